The zero-order valence-electron chi connectivity index (χ0n) is 10.3. The summed E-state index contributed by atoms with van der Waals surface area (Å²) in [5, 5.41) is 9.37. The van der Waals surface area contributed by atoms with Gasteiger partial charge in [-0.15, -0.1) is 0 Å². The molecule has 1 heterocycles. The number of aliphatic hydroxyl groups excluding tert-OH is 1. The van der Waals surface area contributed by atoms with Gasteiger partial charge >= 0.3 is 0 Å². The maximum absolute atomic E-state index is 9.37. The second-order valence-electron chi connectivity index (χ2n) is 4.04. The fourth-order valence-corrected chi connectivity index (χ4v) is 1.43. The van der Waals surface area contributed by atoms with Crippen LogP contribution in [0.2, 0.25) is 0 Å². The van der Waals surface area contributed by atoms with Crippen LogP contribution in [0, 0.1) is 0 Å². The van der Waals surface area contributed by atoms with E-state index >= 15 is 0 Å². The van der Waals surface area contributed by atoms with Crippen molar-refractivity contribution in [3.05, 3.63) is 23.9 Å². The van der Waals surface area contributed by atoms with Crippen LogP contribution in [0.25, 0.3) is 0 Å². The molecule has 4 heteroatoms. The van der Waals surface area contributed by atoms with Crippen LogP contribution < -0.4 is 4.90 Å². The molecular weight excluding hydrogens is 204 g/mol. The van der Waals surface area contributed by atoms with E-state index < -0.39 is 6.10 Å². The molecule has 0 saturated carbocycles. The molecule has 1 aromatic heterocycles. The van der Waals surface area contributed by atoms with Gasteiger partial charge in [0.05, 0.1) is 18.8 Å². The van der Waals surface area contributed by atoms with Crippen LogP contribution in [0.5, 0.6) is 0 Å². The molecule has 0 aliphatic heterocycles. The van der Waals surface area contributed by atoms with Gasteiger partial charge in [0.2, 0.25) is 0 Å². The van der Waals surface area contributed by atoms with Gasteiger partial charge < -0.3 is 14.7 Å². The van der Waals surface area contributed by atoms with E-state index in [0.29, 0.717) is 6.61 Å². The first-order valence-corrected chi connectivity index (χ1v) is 5.42. The number of pyridine rings is 1. The van der Waals surface area contributed by atoms with E-state index in [2.05, 4.69) is 16.8 Å². The van der Waals surface area contributed by atoms with Gasteiger partial charge in [0.15, 0.2) is 0 Å². The van der Waals surface area contributed by atoms with Gasteiger partial charge in [0.1, 0.15) is 5.82 Å². The number of likely N-dealkylation sites (N-methyl/N-ethyl adjacent to an activating group) is 1. The van der Waals surface area contributed by atoms with E-state index in [1.807, 2.05) is 19.2 Å². The van der Waals surface area contributed by atoms with Gasteiger partial charge in [-0.05, 0) is 25.5 Å². The van der Waals surface area contributed by atoms with Crippen LogP contribution in [0.3, 0.4) is 0 Å². The third kappa shape index (κ3) is 3.18. The topological polar surface area (TPSA) is 45.6 Å². The Morgan fingerprint density at radius 2 is 2.12 bits per heavy atom. The molecule has 0 fully saturated rings. The molecule has 0 saturated heterocycles. The fourth-order valence-electron chi connectivity index (χ4n) is 1.43. The van der Waals surface area contributed by atoms with Crippen molar-refractivity contribution in [3.8, 4) is 0 Å². The summed E-state index contributed by atoms with van der Waals surface area (Å²) in [6, 6.07) is 4.08. The van der Waals surface area contributed by atoms with Gasteiger partial charge in [-0.25, -0.2) is 4.98 Å². The smallest absolute Gasteiger partial charge is 0.128 e. The normalized spacial score (nSPS) is 14.6. The zero-order chi connectivity index (χ0) is 12.1. The lowest BCUT2D eigenvalue weighted by Gasteiger charge is -2.25. The second kappa shape index (κ2) is 5.82. The SMILES string of the molecule is COCC(C)N(C)c1ccc([C@@H](C)O)cn1. The third-order valence-electron chi connectivity index (χ3n) is 2.68. The van der Waals surface area contributed by atoms with Gasteiger partial charge in [0.25, 0.3) is 0 Å². The van der Waals surface area contributed by atoms with E-state index in [-0.39, 0.29) is 6.04 Å². The highest BCUT2D eigenvalue weighted by molar-refractivity contribution is 5.39. The minimum atomic E-state index is -0.469. The van der Waals surface area contributed by atoms with Crippen molar-refractivity contribution >= 4 is 5.82 Å². The van der Waals surface area contributed by atoms with Crippen molar-refractivity contribution in [2.24, 2.45) is 0 Å². The number of aromatic nitrogens is 1. The molecule has 0 spiro atoms. The maximum atomic E-state index is 9.37. The van der Waals surface area contributed by atoms with Crippen molar-refractivity contribution in [2.45, 2.75) is 26.0 Å². The number of ether oxygens (including phenoxy) is 1. The first kappa shape index (κ1) is 12.9. The lowest BCUT2D eigenvalue weighted by atomic mass is 10.2. The minimum absolute atomic E-state index is 0.273. The summed E-state index contributed by atoms with van der Waals surface area (Å²) in [6.45, 7) is 4.47. The van der Waals surface area contributed by atoms with Gasteiger partial charge in [-0.2, -0.15) is 0 Å². The monoisotopic (exact) mass is 224 g/mol. The summed E-state index contributed by atoms with van der Waals surface area (Å²) in [7, 11) is 3.67. The highest BCUT2D eigenvalue weighted by atomic mass is 16.5. The predicted octanol–water partition coefficient (Wildman–Crippen LogP) is 1.61. The average molecular weight is 224 g/mol. The second-order valence-corrected chi connectivity index (χ2v) is 4.04. The Morgan fingerprint density at radius 3 is 2.56 bits per heavy atom. The number of rotatable bonds is 5. The molecule has 16 heavy (non-hydrogen) atoms. The number of hydrogen-bond donors (Lipinski definition) is 1. The van der Waals surface area contributed by atoms with Gasteiger partial charge in [-0.1, -0.05) is 6.07 Å². The Bertz CT molecular complexity index is 311. The maximum Gasteiger partial charge on any atom is 0.128 e. The van der Waals surface area contributed by atoms with E-state index in [0.717, 1.165) is 11.4 Å². The third-order valence-corrected chi connectivity index (χ3v) is 2.68. The van der Waals surface area contributed by atoms with E-state index in [9.17, 15) is 5.11 Å². The molecule has 0 aromatic carbocycles. The summed E-state index contributed by atoms with van der Waals surface area (Å²) in [5.41, 5.74) is 0.830. The van der Waals surface area contributed by atoms with Crippen molar-refractivity contribution in [1.82, 2.24) is 4.98 Å². The molecule has 1 N–H and O–H groups in total. The van der Waals surface area contributed by atoms with Crippen LogP contribution in [0.1, 0.15) is 25.5 Å². The quantitative estimate of drug-likeness (QED) is 0.825. The number of methoxy groups -OCH3 is 1. The molecule has 1 aromatic rings. The van der Waals surface area contributed by atoms with Crippen LogP contribution in [-0.2, 0) is 4.74 Å². The van der Waals surface area contributed by atoms with Crippen molar-refractivity contribution in [1.29, 1.82) is 0 Å². The largest absolute Gasteiger partial charge is 0.389 e. The average Bonchev–Trinajstić information content (AvgIpc) is 2.28. The Morgan fingerprint density at radius 1 is 1.44 bits per heavy atom. The Kier molecular flexibility index (Phi) is 4.71. The Balaban J connectivity index is 2.73. The summed E-state index contributed by atoms with van der Waals surface area (Å²) in [6.07, 6.45) is 1.24. The van der Waals surface area contributed by atoms with Crippen LogP contribution in [-0.4, -0.2) is 36.9 Å². The first-order valence-electron chi connectivity index (χ1n) is 5.42. The Labute approximate surface area is 96.9 Å². The molecule has 0 aliphatic carbocycles. The van der Waals surface area contributed by atoms with Crippen LogP contribution in [0.15, 0.2) is 18.3 Å². The Hall–Kier alpha value is -1.13. The van der Waals surface area contributed by atoms with Gasteiger partial charge in [0, 0.05) is 20.4 Å². The molecule has 1 rings (SSSR count). The lowest BCUT2D eigenvalue weighted by Crippen LogP contribution is -2.33. The van der Waals surface area contributed by atoms with E-state index in [4.69, 9.17) is 4.74 Å². The molecule has 0 aliphatic rings. The summed E-state index contributed by atoms with van der Waals surface area (Å²) < 4.78 is 5.10. The molecule has 90 valence electrons. The number of aliphatic hydroxyl groups is 1. The van der Waals surface area contributed by atoms with Crippen molar-refractivity contribution < 1.29 is 9.84 Å². The number of anilines is 1. The van der Waals surface area contributed by atoms with Gasteiger partial charge in [-0.3, -0.25) is 0 Å². The first-order chi connectivity index (χ1) is 7.56. The van der Waals surface area contributed by atoms with E-state index in [1.165, 1.54) is 0 Å². The molecule has 1 unspecified atom stereocenters. The summed E-state index contributed by atoms with van der Waals surface area (Å²) >= 11 is 0. The molecule has 0 amide bonds. The lowest BCUT2D eigenvalue weighted by molar-refractivity contribution is 0.183. The van der Waals surface area contributed by atoms with Crippen LogP contribution >= 0.6 is 0 Å². The van der Waals surface area contributed by atoms with Crippen molar-refractivity contribution in [2.75, 3.05) is 25.7 Å². The van der Waals surface area contributed by atoms with Crippen molar-refractivity contribution in [3.63, 3.8) is 0 Å². The highest BCUT2D eigenvalue weighted by Crippen LogP contribution is 2.16. The molecule has 2 atom stereocenters. The predicted molar refractivity (Wildman–Crippen MR) is 64.6 cm³/mol. The molecule has 4 nitrogen and oxygen atoms in total. The number of hydrogen-bond acceptors (Lipinski definition) is 4. The van der Waals surface area contributed by atoms with Crippen LogP contribution in [0.4, 0.5) is 5.82 Å². The number of nitrogens with zero attached hydrogens (tertiary/aromatic N) is 2. The summed E-state index contributed by atoms with van der Waals surface area (Å²) in [5.74, 6) is 0.883. The van der Waals surface area contributed by atoms with E-state index in [1.54, 1.807) is 20.2 Å². The standard InChI is InChI=1S/C12H20N2O2/c1-9(8-16-4)14(3)12-6-5-11(7-13-12)10(2)15/h5-7,9-10,15H,8H2,1-4H3/t9?,10-/m1/s1. The minimum Gasteiger partial charge on any atom is -0.389 e. The molecule has 0 radical (unpaired) electrons. The highest BCUT2D eigenvalue weighted by Gasteiger charge is 2.11. The molecular formula is C12H20N2O2. The summed E-state index contributed by atoms with van der Waals surface area (Å²) in [4.78, 5) is 6.36. The molecule has 0 bridgehead atoms. The fraction of sp³-hybridized carbons (Fsp3) is 0.583. The zero-order valence-corrected chi connectivity index (χ0v) is 10.3.